The molecule has 0 spiro atoms. The highest BCUT2D eigenvalue weighted by molar-refractivity contribution is 6.53. The Hall–Kier alpha value is -2.54. The maximum atomic E-state index is 14.3. The van der Waals surface area contributed by atoms with Crippen LogP contribution >= 0.6 is 34.8 Å². The molecule has 3 aromatic rings. The van der Waals surface area contributed by atoms with Gasteiger partial charge in [-0.05, 0) is 29.3 Å². The molecule has 1 aliphatic carbocycles. The third-order valence-corrected chi connectivity index (χ3v) is 6.67. The fourth-order valence-corrected chi connectivity index (χ4v) is 4.75. The largest absolute Gasteiger partial charge is 0.326 e. The third kappa shape index (κ3) is 4.74. The number of alkyl halides is 2. The Morgan fingerprint density at radius 1 is 0.939 bits per heavy atom. The number of halogens is 6. The molecule has 3 nitrogen and oxygen atoms in total. The summed E-state index contributed by atoms with van der Waals surface area (Å²) < 4.78 is 40.5. The van der Waals surface area contributed by atoms with Crippen molar-refractivity contribution in [1.29, 1.82) is 0 Å². The Kier molecular flexibility index (Phi) is 6.45. The van der Waals surface area contributed by atoms with Gasteiger partial charge in [0.1, 0.15) is 10.2 Å². The lowest BCUT2D eigenvalue weighted by atomic mass is 10.0. The monoisotopic (exact) mass is 511 g/mol. The molecule has 0 aromatic heterocycles. The Labute approximate surface area is 202 Å². The Morgan fingerprint density at radius 3 is 2.30 bits per heavy atom. The molecule has 1 amide bonds. The Morgan fingerprint density at radius 2 is 1.64 bits per heavy atom. The van der Waals surface area contributed by atoms with Crippen molar-refractivity contribution in [3.05, 3.63) is 99.8 Å². The van der Waals surface area contributed by atoms with E-state index < -0.39 is 50.9 Å². The van der Waals surface area contributed by atoms with Crippen LogP contribution in [0.15, 0.2) is 60.7 Å². The van der Waals surface area contributed by atoms with Gasteiger partial charge in [0.15, 0.2) is 17.4 Å². The van der Waals surface area contributed by atoms with E-state index in [4.69, 9.17) is 34.8 Å². The average molecular weight is 513 g/mol. The van der Waals surface area contributed by atoms with Crippen LogP contribution in [0.25, 0.3) is 0 Å². The molecular formula is C24H15Cl3F3NO2. The van der Waals surface area contributed by atoms with E-state index >= 15 is 0 Å². The first kappa shape index (κ1) is 23.6. The quantitative estimate of drug-likeness (QED) is 0.295. The summed E-state index contributed by atoms with van der Waals surface area (Å²) in [6, 6.07) is 14.3. The van der Waals surface area contributed by atoms with E-state index in [1.807, 2.05) is 0 Å². The standard InChI is InChI=1S/C24H15Cl3F3NO2/c25-16-9-13(6-7-17(16)28)20-21(24(20,26)27)23(33)31-14-10-15(22(30)18(29)11-14)19(32)8-12-4-2-1-3-5-12/h1-7,9-11,20-21H,8H2,(H,31,33). The molecule has 0 radical (unpaired) electrons. The summed E-state index contributed by atoms with van der Waals surface area (Å²) in [4.78, 5) is 25.4. The number of amides is 1. The predicted octanol–water partition coefficient (Wildman–Crippen LogP) is 6.71. The molecule has 1 saturated carbocycles. The third-order valence-electron chi connectivity index (χ3n) is 5.44. The van der Waals surface area contributed by atoms with E-state index in [1.165, 1.54) is 12.1 Å². The van der Waals surface area contributed by atoms with Gasteiger partial charge < -0.3 is 5.32 Å². The molecule has 0 bridgehead atoms. The summed E-state index contributed by atoms with van der Waals surface area (Å²) in [5.41, 5.74) is 0.470. The van der Waals surface area contributed by atoms with Crippen LogP contribution < -0.4 is 5.32 Å². The minimum Gasteiger partial charge on any atom is -0.326 e. The summed E-state index contributed by atoms with van der Waals surface area (Å²) in [6.07, 6.45) is -0.142. The zero-order chi connectivity index (χ0) is 23.9. The van der Waals surface area contributed by atoms with Crippen LogP contribution in [-0.4, -0.2) is 16.0 Å². The zero-order valence-electron chi connectivity index (χ0n) is 16.7. The number of Topliss-reactive ketones (excluding diaryl/α,β-unsaturated/α-hetero) is 1. The van der Waals surface area contributed by atoms with Gasteiger partial charge in [-0.2, -0.15) is 0 Å². The second-order valence-electron chi connectivity index (χ2n) is 7.70. The number of carbonyl (C=O) groups excluding carboxylic acids is 2. The molecule has 4 rings (SSSR count). The number of anilines is 1. The van der Waals surface area contributed by atoms with Crippen LogP contribution in [0.4, 0.5) is 18.9 Å². The van der Waals surface area contributed by atoms with Crippen LogP contribution in [0.3, 0.4) is 0 Å². The van der Waals surface area contributed by atoms with Gasteiger partial charge in [0, 0.05) is 24.1 Å². The van der Waals surface area contributed by atoms with Gasteiger partial charge in [-0.3, -0.25) is 9.59 Å². The minimum atomic E-state index is -1.50. The van der Waals surface area contributed by atoms with E-state index in [0.717, 1.165) is 18.2 Å². The molecule has 1 fully saturated rings. The van der Waals surface area contributed by atoms with Crippen molar-refractivity contribution in [2.45, 2.75) is 16.7 Å². The minimum absolute atomic E-state index is 0.123. The lowest BCUT2D eigenvalue weighted by Gasteiger charge is -2.10. The van der Waals surface area contributed by atoms with Crippen molar-refractivity contribution in [1.82, 2.24) is 0 Å². The van der Waals surface area contributed by atoms with E-state index in [-0.39, 0.29) is 17.1 Å². The van der Waals surface area contributed by atoms with Crippen LogP contribution in [0.2, 0.25) is 5.02 Å². The van der Waals surface area contributed by atoms with Crippen molar-refractivity contribution in [3.8, 4) is 0 Å². The first-order chi connectivity index (χ1) is 15.6. The molecule has 2 unspecified atom stereocenters. The second-order valence-corrected chi connectivity index (χ2v) is 9.55. The van der Waals surface area contributed by atoms with Crippen molar-refractivity contribution in [2.24, 2.45) is 5.92 Å². The lowest BCUT2D eigenvalue weighted by Crippen LogP contribution is -2.18. The number of benzene rings is 3. The second kappa shape index (κ2) is 9.01. The summed E-state index contributed by atoms with van der Waals surface area (Å²) in [5.74, 6) is -6.19. The summed E-state index contributed by atoms with van der Waals surface area (Å²) >= 11 is 18.3. The van der Waals surface area contributed by atoms with Crippen molar-refractivity contribution in [3.63, 3.8) is 0 Å². The van der Waals surface area contributed by atoms with Crippen LogP contribution in [0.5, 0.6) is 0 Å². The summed E-state index contributed by atoms with van der Waals surface area (Å²) in [5, 5.41) is 2.29. The van der Waals surface area contributed by atoms with E-state index in [1.54, 1.807) is 30.3 Å². The number of rotatable bonds is 6. The van der Waals surface area contributed by atoms with Crippen molar-refractivity contribution < 1.29 is 22.8 Å². The average Bonchev–Trinajstić information content (AvgIpc) is 3.35. The van der Waals surface area contributed by atoms with Gasteiger partial charge in [0.2, 0.25) is 5.91 Å². The van der Waals surface area contributed by atoms with Gasteiger partial charge in [-0.1, -0.05) is 48.0 Å². The highest BCUT2D eigenvalue weighted by atomic mass is 35.5. The number of nitrogens with one attached hydrogen (secondary N) is 1. The molecule has 0 saturated heterocycles. The first-order valence-corrected chi connectivity index (χ1v) is 10.9. The lowest BCUT2D eigenvalue weighted by molar-refractivity contribution is -0.117. The fraction of sp³-hybridized carbons (Fsp3) is 0.167. The molecule has 0 heterocycles. The molecule has 1 N–H and O–H groups in total. The van der Waals surface area contributed by atoms with Crippen LogP contribution in [0, 0.1) is 23.4 Å². The maximum Gasteiger partial charge on any atom is 0.231 e. The molecule has 170 valence electrons. The Balaban J connectivity index is 1.54. The molecule has 2 atom stereocenters. The van der Waals surface area contributed by atoms with Crippen molar-refractivity contribution >= 4 is 52.2 Å². The van der Waals surface area contributed by atoms with Gasteiger partial charge in [0.25, 0.3) is 0 Å². The molecular weight excluding hydrogens is 498 g/mol. The number of hydrogen-bond donors (Lipinski definition) is 1. The van der Waals surface area contributed by atoms with Crippen LogP contribution in [0.1, 0.15) is 27.4 Å². The number of carbonyl (C=O) groups is 2. The van der Waals surface area contributed by atoms with Crippen molar-refractivity contribution in [2.75, 3.05) is 5.32 Å². The fourth-order valence-electron chi connectivity index (χ4n) is 3.73. The van der Waals surface area contributed by atoms with Gasteiger partial charge in [-0.15, -0.1) is 23.2 Å². The van der Waals surface area contributed by atoms with E-state index in [0.29, 0.717) is 11.1 Å². The topological polar surface area (TPSA) is 46.2 Å². The van der Waals surface area contributed by atoms with Gasteiger partial charge in [-0.25, -0.2) is 13.2 Å². The summed E-state index contributed by atoms with van der Waals surface area (Å²) in [6.45, 7) is 0. The predicted molar refractivity (Wildman–Crippen MR) is 122 cm³/mol. The highest BCUT2D eigenvalue weighted by Crippen LogP contribution is 2.65. The SMILES string of the molecule is O=C(Cc1ccccc1)c1cc(NC(=O)C2C(c3ccc(F)c(Cl)c3)C2(Cl)Cl)cc(F)c1F. The normalized spacial score (nSPS) is 18.6. The molecule has 0 aliphatic heterocycles. The molecule has 9 heteroatoms. The number of hydrogen-bond acceptors (Lipinski definition) is 2. The van der Waals surface area contributed by atoms with E-state index in [9.17, 15) is 22.8 Å². The highest BCUT2D eigenvalue weighted by Gasteiger charge is 2.67. The van der Waals surface area contributed by atoms with Gasteiger partial charge in [0.05, 0.1) is 16.5 Å². The number of ketones is 1. The first-order valence-electron chi connectivity index (χ1n) is 9.79. The van der Waals surface area contributed by atoms with E-state index in [2.05, 4.69) is 5.32 Å². The Bertz CT molecular complexity index is 1250. The smallest absolute Gasteiger partial charge is 0.231 e. The summed E-state index contributed by atoms with van der Waals surface area (Å²) in [7, 11) is 0. The zero-order valence-corrected chi connectivity index (χ0v) is 19.0. The molecule has 33 heavy (non-hydrogen) atoms. The van der Waals surface area contributed by atoms with Gasteiger partial charge >= 0.3 is 0 Å². The molecule has 3 aromatic carbocycles. The maximum absolute atomic E-state index is 14.3. The molecule has 1 aliphatic rings. The van der Waals surface area contributed by atoms with Crippen LogP contribution in [-0.2, 0) is 11.2 Å².